The second-order valence-corrected chi connectivity index (χ2v) is 5.13. The van der Waals surface area contributed by atoms with Gasteiger partial charge >= 0.3 is 5.97 Å². The van der Waals surface area contributed by atoms with Crippen molar-refractivity contribution in [2.45, 2.75) is 52.5 Å². The van der Waals surface area contributed by atoms with Crippen LogP contribution >= 0.6 is 0 Å². The van der Waals surface area contributed by atoms with Crippen LogP contribution in [-0.4, -0.2) is 41.3 Å². The molecule has 1 rings (SSSR count). The highest BCUT2D eigenvalue weighted by Crippen LogP contribution is 2.19. The zero-order chi connectivity index (χ0) is 16.0. The standard InChI is InChI=1S/C9H15NO3S.C3H8O.C2H6/c1-13-9(11)7-3-5-8(6-4-7)10-14(2)12;1-2-3-4;1-2/h3,8,10H,4-6H2,1-2H3;4H,2-3H2,1H3;1-2H3. The third-order valence-corrected chi connectivity index (χ3v) is 3.08. The fraction of sp³-hybridized carbons (Fsp3) is 0.786. The van der Waals surface area contributed by atoms with Gasteiger partial charge in [0.2, 0.25) is 0 Å². The molecule has 0 aromatic heterocycles. The first-order valence-corrected chi connectivity index (χ1v) is 8.58. The van der Waals surface area contributed by atoms with Crippen LogP contribution in [-0.2, 0) is 20.5 Å². The molecule has 0 radical (unpaired) electrons. The van der Waals surface area contributed by atoms with Gasteiger partial charge in [0, 0.05) is 24.5 Å². The first-order valence-electron chi connectivity index (χ1n) is 7.02. The molecule has 0 spiro atoms. The average molecular weight is 307 g/mol. The van der Waals surface area contributed by atoms with Gasteiger partial charge in [-0.3, -0.25) is 0 Å². The molecule has 0 heterocycles. The van der Waals surface area contributed by atoms with Gasteiger partial charge in [-0.25, -0.2) is 13.7 Å². The van der Waals surface area contributed by atoms with E-state index in [2.05, 4.69) is 9.46 Å². The second-order valence-electron chi connectivity index (χ2n) is 3.99. The van der Waals surface area contributed by atoms with E-state index in [1.807, 2.05) is 26.8 Å². The lowest BCUT2D eigenvalue weighted by Gasteiger charge is -2.20. The molecule has 0 aliphatic heterocycles. The summed E-state index contributed by atoms with van der Waals surface area (Å²) in [7, 11) is 0.401. The number of carbonyl (C=O) groups excluding carboxylic acids is 1. The van der Waals surface area contributed by atoms with Gasteiger partial charge < -0.3 is 9.84 Å². The van der Waals surface area contributed by atoms with Gasteiger partial charge in [-0.1, -0.05) is 26.8 Å². The van der Waals surface area contributed by atoms with E-state index >= 15 is 0 Å². The summed E-state index contributed by atoms with van der Waals surface area (Å²) in [4.78, 5) is 11.1. The molecule has 1 aliphatic carbocycles. The van der Waals surface area contributed by atoms with Crippen molar-refractivity contribution < 1.29 is 18.8 Å². The topological polar surface area (TPSA) is 75.6 Å². The molecule has 2 N–H and O–H groups in total. The monoisotopic (exact) mass is 307 g/mol. The Balaban J connectivity index is 0. The van der Waals surface area contributed by atoms with Crippen LogP contribution in [0.3, 0.4) is 0 Å². The third-order valence-electron chi connectivity index (χ3n) is 2.41. The molecule has 0 fully saturated rings. The molecule has 0 saturated heterocycles. The molecule has 2 atom stereocenters. The Hall–Kier alpha value is -0.720. The fourth-order valence-corrected chi connectivity index (χ4v) is 2.18. The summed E-state index contributed by atoms with van der Waals surface area (Å²) in [5, 5.41) is 7.88. The fourth-order valence-electron chi connectivity index (χ4n) is 1.49. The van der Waals surface area contributed by atoms with E-state index in [4.69, 9.17) is 5.11 Å². The first-order chi connectivity index (χ1) is 9.54. The molecule has 20 heavy (non-hydrogen) atoms. The first kappa shape index (κ1) is 21.6. The molecular formula is C14H29NO4S. The largest absolute Gasteiger partial charge is 0.466 e. The molecule has 0 saturated carbocycles. The summed E-state index contributed by atoms with van der Waals surface area (Å²) in [5.41, 5.74) is 0.729. The minimum atomic E-state index is -0.982. The lowest BCUT2D eigenvalue weighted by atomic mass is 9.96. The summed E-state index contributed by atoms with van der Waals surface area (Å²) in [6, 6.07) is 0.217. The molecule has 0 aromatic carbocycles. The molecule has 5 nitrogen and oxygen atoms in total. The average Bonchev–Trinajstić information content (AvgIpc) is 2.49. The van der Waals surface area contributed by atoms with Crippen LogP contribution in [0.15, 0.2) is 11.6 Å². The number of aliphatic hydroxyl groups excluding tert-OH is 1. The highest BCUT2D eigenvalue weighted by molar-refractivity contribution is 7.82. The SMILES string of the molecule is CC.CCCO.COC(=O)C1=CCC(NS(C)=O)CC1. The van der Waals surface area contributed by atoms with E-state index in [1.165, 1.54) is 7.11 Å². The van der Waals surface area contributed by atoms with Gasteiger partial charge in [0.25, 0.3) is 0 Å². The maximum absolute atomic E-state index is 11.1. The van der Waals surface area contributed by atoms with Crippen molar-refractivity contribution in [3.63, 3.8) is 0 Å². The molecule has 120 valence electrons. The number of methoxy groups -OCH3 is 1. The van der Waals surface area contributed by atoms with Crippen molar-refractivity contribution in [2.24, 2.45) is 0 Å². The smallest absolute Gasteiger partial charge is 0.333 e. The minimum Gasteiger partial charge on any atom is -0.466 e. The van der Waals surface area contributed by atoms with Crippen LogP contribution in [0.25, 0.3) is 0 Å². The van der Waals surface area contributed by atoms with Gasteiger partial charge in [-0.15, -0.1) is 0 Å². The number of hydrogen-bond acceptors (Lipinski definition) is 4. The highest BCUT2D eigenvalue weighted by atomic mass is 32.2. The highest BCUT2D eigenvalue weighted by Gasteiger charge is 2.19. The summed E-state index contributed by atoms with van der Waals surface area (Å²) in [6.07, 6.45) is 6.62. The van der Waals surface area contributed by atoms with Crippen molar-refractivity contribution in [1.82, 2.24) is 4.72 Å². The number of aliphatic hydroxyl groups is 1. The summed E-state index contributed by atoms with van der Waals surface area (Å²) in [5.74, 6) is -0.249. The Morgan fingerprint density at radius 2 is 2.10 bits per heavy atom. The lowest BCUT2D eigenvalue weighted by Crippen LogP contribution is -2.32. The second kappa shape index (κ2) is 14.7. The Morgan fingerprint density at radius 3 is 2.40 bits per heavy atom. The van der Waals surface area contributed by atoms with Crippen LogP contribution in [0.4, 0.5) is 0 Å². The number of esters is 1. The van der Waals surface area contributed by atoms with Crippen LogP contribution in [0.2, 0.25) is 0 Å². The van der Waals surface area contributed by atoms with Crippen molar-refractivity contribution in [3.8, 4) is 0 Å². The maximum Gasteiger partial charge on any atom is 0.333 e. The predicted molar refractivity (Wildman–Crippen MR) is 83.7 cm³/mol. The van der Waals surface area contributed by atoms with E-state index in [0.717, 1.165) is 24.8 Å². The number of rotatable bonds is 4. The minimum absolute atomic E-state index is 0.217. The number of hydrogen-bond donors (Lipinski definition) is 2. The molecule has 0 aromatic rings. The molecule has 6 heteroatoms. The van der Waals surface area contributed by atoms with Gasteiger partial charge in [-0.2, -0.15) is 0 Å². The molecule has 1 aliphatic rings. The van der Waals surface area contributed by atoms with E-state index in [9.17, 15) is 9.00 Å². The van der Waals surface area contributed by atoms with Gasteiger partial charge in [0.15, 0.2) is 0 Å². The van der Waals surface area contributed by atoms with Crippen LogP contribution in [0.1, 0.15) is 46.5 Å². The Kier molecular flexibility index (Phi) is 15.8. The van der Waals surface area contributed by atoms with Crippen molar-refractivity contribution >= 4 is 17.0 Å². The molecule has 0 amide bonds. The lowest BCUT2D eigenvalue weighted by molar-refractivity contribution is -0.136. The van der Waals surface area contributed by atoms with Gasteiger partial charge in [0.05, 0.1) is 18.1 Å². The van der Waals surface area contributed by atoms with E-state index < -0.39 is 11.0 Å². The van der Waals surface area contributed by atoms with Crippen LogP contribution in [0.5, 0.6) is 0 Å². The maximum atomic E-state index is 11.1. The molecular weight excluding hydrogens is 278 g/mol. The van der Waals surface area contributed by atoms with Gasteiger partial charge in [-0.05, 0) is 25.7 Å². The van der Waals surface area contributed by atoms with Crippen LogP contribution in [0, 0.1) is 0 Å². The van der Waals surface area contributed by atoms with Crippen molar-refractivity contribution in [1.29, 1.82) is 0 Å². The number of carbonyl (C=O) groups is 1. The number of nitrogens with one attached hydrogen (secondary N) is 1. The quantitative estimate of drug-likeness (QED) is 0.778. The summed E-state index contributed by atoms with van der Waals surface area (Å²) >= 11 is 0. The van der Waals surface area contributed by atoms with Crippen molar-refractivity contribution in [3.05, 3.63) is 11.6 Å². The zero-order valence-corrected chi connectivity index (χ0v) is 14.1. The Bertz CT molecular complexity index is 304. The van der Waals surface area contributed by atoms with E-state index in [0.29, 0.717) is 13.0 Å². The van der Waals surface area contributed by atoms with E-state index in [-0.39, 0.29) is 12.0 Å². The third kappa shape index (κ3) is 11.1. The summed E-state index contributed by atoms with van der Waals surface area (Å²) < 4.78 is 18.4. The normalized spacial score (nSPS) is 18.5. The number of ether oxygens (including phenoxy) is 1. The Labute approximate surface area is 125 Å². The van der Waals surface area contributed by atoms with Crippen molar-refractivity contribution in [2.75, 3.05) is 20.0 Å². The van der Waals surface area contributed by atoms with E-state index in [1.54, 1.807) is 6.26 Å². The summed E-state index contributed by atoms with van der Waals surface area (Å²) in [6.45, 7) is 6.25. The molecule has 0 bridgehead atoms. The van der Waals surface area contributed by atoms with Crippen LogP contribution < -0.4 is 4.72 Å². The molecule has 2 unspecified atom stereocenters. The van der Waals surface area contributed by atoms with Gasteiger partial charge in [0.1, 0.15) is 0 Å². The zero-order valence-electron chi connectivity index (χ0n) is 13.3. The Morgan fingerprint density at radius 1 is 1.55 bits per heavy atom. The predicted octanol–water partition coefficient (Wildman–Crippen LogP) is 1.94.